The zero-order valence-electron chi connectivity index (χ0n) is 17.7. The maximum Gasteiger partial charge on any atom is 0.338 e. The van der Waals surface area contributed by atoms with Gasteiger partial charge in [-0.15, -0.1) is 6.42 Å². The van der Waals surface area contributed by atoms with Gasteiger partial charge in [-0.05, 0) is 49.3 Å². The number of rotatable bonds is 8. The van der Waals surface area contributed by atoms with Crippen molar-refractivity contribution in [2.45, 2.75) is 19.9 Å². The van der Waals surface area contributed by atoms with Crippen molar-refractivity contribution in [1.29, 1.82) is 0 Å². The second-order valence-electron chi connectivity index (χ2n) is 6.66. The standard InChI is InChI=1S/C24H23ClN2O4S/c1-4-12-31-22-17(25)13-16(14-18(22)29-5-2)21-19(23(28)30-6-3)20(26-24(32)27-21)15-10-8-7-9-11-15/h1,7-11,13-14,21H,5-6,12H2,2-3H3,(H2,26,27,32)/t21-/m0/s1. The zero-order chi connectivity index (χ0) is 23.1. The molecule has 0 fully saturated rings. The molecule has 2 N–H and O–H groups in total. The molecule has 0 radical (unpaired) electrons. The van der Waals surface area contributed by atoms with Crippen LogP contribution in [0.3, 0.4) is 0 Å². The van der Waals surface area contributed by atoms with Crippen LogP contribution in [0, 0.1) is 12.3 Å². The van der Waals surface area contributed by atoms with Crippen LogP contribution in [0.25, 0.3) is 5.70 Å². The van der Waals surface area contributed by atoms with E-state index in [2.05, 4.69) is 16.6 Å². The van der Waals surface area contributed by atoms with Gasteiger partial charge in [0.05, 0.1) is 35.5 Å². The molecule has 0 saturated heterocycles. The Kier molecular flexibility index (Phi) is 7.98. The van der Waals surface area contributed by atoms with Gasteiger partial charge < -0.3 is 24.8 Å². The van der Waals surface area contributed by atoms with Crippen molar-refractivity contribution in [3.8, 4) is 23.8 Å². The quantitative estimate of drug-likeness (QED) is 0.339. The topological polar surface area (TPSA) is 68.8 Å². The lowest BCUT2D eigenvalue weighted by Gasteiger charge is -2.31. The van der Waals surface area contributed by atoms with Crippen molar-refractivity contribution < 1.29 is 19.0 Å². The van der Waals surface area contributed by atoms with Gasteiger partial charge in [0.15, 0.2) is 16.6 Å². The molecule has 0 bridgehead atoms. The summed E-state index contributed by atoms with van der Waals surface area (Å²) in [4.78, 5) is 13.1. The molecule has 32 heavy (non-hydrogen) atoms. The van der Waals surface area contributed by atoms with Crippen LogP contribution in [0.4, 0.5) is 0 Å². The van der Waals surface area contributed by atoms with Crippen LogP contribution in [-0.4, -0.2) is 30.9 Å². The molecule has 0 unspecified atom stereocenters. The molecule has 2 aromatic carbocycles. The number of carbonyl (C=O) groups is 1. The van der Waals surface area contributed by atoms with E-state index in [-0.39, 0.29) is 13.2 Å². The third-order valence-corrected chi connectivity index (χ3v) is 5.10. The van der Waals surface area contributed by atoms with Crippen LogP contribution in [0.15, 0.2) is 48.0 Å². The summed E-state index contributed by atoms with van der Waals surface area (Å²) < 4.78 is 16.7. The van der Waals surface area contributed by atoms with E-state index in [1.54, 1.807) is 19.1 Å². The van der Waals surface area contributed by atoms with Crippen molar-refractivity contribution in [3.63, 3.8) is 0 Å². The molecule has 1 atom stereocenters. The van der Waals surface area contributed by atoms with E-state index >= 15 is 0 Å². The molecule has 0 aromatic heterocycles. The highest BCUT2D eigenvalue weighted by Gasteiger charge is 2.34. The molecule has 0 spiro atoms. The Morgan fingerprint density at radius 1 is 1.19 bits per heavy atom. The molecular weight excluding hydrogens is 448 g/mol. The van der Waals surface area contributed by atoms with Gasteiger partial charge in [-0.1, -0.05) is 47.9 Å². The Morgan fingerprint density at radius 3 is 2.59 bits per heavy atom. The van der Waals surface area contributed by atoms with E-state index in [0.29, 0.717) is 45.1 Å². The number of nitrogens with one attached hydrogen (secondary N) is 2. The Morgan fingerprint density at radius 2 is 1.94 bits per heavy atom. The predicted octanol–water partition coefficient (Wildman–Crippen LogP) is 4.24. The second-order valence-corrected chi connectivity index (χ2v) is 7.48. The lowest BCUT2D eigenvalue weighted by molar-refractivity contribution is -0.138. The maximum atomic E-state index is 13.1. The van der Waals surface area contributed by atoms with Gasteiger partial charge in [0.2, 0.25) is 0 Å². The normalized spacial score (nSPS) is 15.3. The van der Waals surface area contributed by atoms with Gasteiger partial charge in [-0.25, -0.2) is 4.79 Å². The molecule has 0 amide bonds. The van der Waals surface area contributed by atoms with Gasteiger partial charge in [0, 0.05) is 0 Å². The number of terminal acetylenes is 1. The number of hydrogen-bond donors (Lipinski definition) is 2. The zero-order valence-corrected chi connectivity index (χ0v) is 19.3. The van der Waals surface area contributed by atoms with E-state index in [0.717, 1.165) is 5.56 Å². The number of thiocarbonyl (C=S) groups is 1. The number of halogens is 1. The summed E-state index contributed by atoms with van der Waals surface area (Å²) in [5.41, 5.74) is 2.41. The first-order chi connectivity index (χ1) is 15.5. The molecule has 0 aliphatic carbocycles. The fraction of sp³-hybridized carbons (Fsp3) is 0.250. The molecule has 8 heteroatoms. The van der Waals surface area contributed by atoms with Gasteiger partial charge in [0.1, 0.15) is 6.61 Å². The summed E-state index contributed by atoms with van der Waals surface area (Å²) in [6.07, 6.45) is 5.32. The molecule has 1 aliphatic rings. The van der Waals surface area contributed by atoms with Crippen molar-refractivity contribution >= 4 is 40.6 Å². The van der Waals surface area contributed by atoms with Gasteiger partial charge >= 0.3 is 5.97 Å². The minimum Gasteiger partial charge on any atom is -0.490 e. The predicted molar refractivity (Wildman–Crippen MR) is 129 cm³/mol. The SMILES string of the molecule is C#CCOc1c(Cl)cc([C@@H]2NC(=S)NC(c3ccccc3)=C2C(=O)OCC)cc1OCC. The monoisotopic (exact) mass is 470 g/mol. The summed E-state index contributed by atoms with van der Waals surface area (Å²) >= 11 is 12.0. The first-order valence-corrected chi connectivity index (χ1v) is 10.8. The highest BCUT2D eigenvalue weighted by atomic mass is 35.5. The highest BCUT2D eigenvalue weighted by molar-refractivity contribution is 7.80. The third-order valence-electron chi connectivity index (χ3n) is 4.59. The minimum atomic E-state index is -0.628. The molecular formula is C24H23ClN2O4S. The van der Waals surface area contributed by atoms with Crippen molar-refractivity contribution in [2.24, 2.45) is 0 Å². The van der Waals surface area contributed by atoms with Crippen molar-refractivity contribution in [2.75, 3.05) is 19.8 Å². The summed E-state index contributed by atoms with van der Waals surface area (Å²) in [6, 6.07) is 12.3. The van der Waals surface area contributed by atoms with Gasteiger partial charge in [0.25, 0.3) is 0 Å². The summed E-state index contributed by atoms with van der Waals surface area (Å²) in [7, 11) is 0. The van der Waals surface area contributed by atoms with E-state index in [1.807, 2.05) is 37.3 Å². The smallest absolute Gasteiger partial charge is 0.338 e. The Balaban J connectivity index is 2.18. The number of carbonyl (C=O) groups excluding carboxylic acids is 1. The lowest BCUT2D eigenvalue weighted by Crippen LogP contribution is -2.45. The van der Waals surface area contributed by atoms with Crippen LogP contribution in [-0.2, 0) is 9.53 Å². The Bertz CT molecular complexity index is 1080. The summed E-state index contributed by atoms with van der Waals surface area (Å²) in [5, 5.41) is 6.93. The van der Waals surface area contributed by atoms with E-state index in [9.17, 15) is 4.79 Å². The fourth-order valence-electron chi connectivity index (χ4n) is 3.35. The average Bonchev–Trinajstić information content (AvgIpc) is 2.78. The van der Waals surface area contributed by atoms with Crippen LogP contribution < -0.4 is 20.1 Å². The molecule has 1 heterocycles. The molecule has 166 valence electrons. The summed E-state index contributed by atoms with van der Waals surface area (Å²) in [5.74, 6) is 2.70. The minimum absolute atomic E-state index is 0.0426. The summed E-state index contributed by atoms with van der Waals surface area (Å²) in [6.45, 7) is 4.26. The largest absolute Gasteiger partial charge is 0.490 e. The van der Waals surface area contributed by atoms with Crippen LogP contribution in [0.5, 0.6) is 11.5 Å². The van der Waals surface area contributed by atoms with Crippen LogP contribution >= 0.6 is 23.8 Å². The number of hydrogen-bond acceptors (Lipinski definition) is 5. The van der Waals surface area contributed by atoms with Crippen LogP contribution in [0.1, 0.15) is 31.0 Å². The second kappa shape index (κ2) is 10.9. The molecule has 0 saturated carbocycles. The maximum absolute atomic E-state index is 13.1. The fourth-order valence-corrected chi connectivity index (χ4v) is 3.84. The number of benzene rings is 2. The van der Waals surface area contributed by atoms with Crippen LogP contribution in [0.2, 0.25) is 5.02 Å². The average molecular weight is 471 g/mol. The molecule has 1 aliphatic heterocycles. The Hall–Kier alpha value is -3.21. The third kappa shape index (κ3) is 5.16. The highest BCUT2D eigenvalue weighted by Crippen LogP contribution is 2.41. The number of ether oxygens (including phenoxy) is 3. The van der Waals surface area contributed by atoms with E-state index in [1.165, 1.54) is 0 Å². The first kappa shape index (κ1) is 23.5. The van der Waals surface area contributed by atoms with Crippen molar-refractivity contribution in [3.05, 3.63) is 64.2 Å². The first-order valence-electron chi connectivity index (χ1n) is 10.1. The van der Waals surface area contributed by atoms with E-state index < -0.39 is 12.0 Å². The molecule has 6 nitrogen and oxygen atoms in total. The van der Waals surface area contributed by atoms with E-state index in [4.69, 9.17) is 44.5 Å². The van der Waals surface area contributed by atoms with Crippen molar-refractivity contribution in [1.82, 2.24) is 10.6 Å². The Labute approximate surface area is 197 Å². The lowest BCUT2D eigenvalue weighted by atomic mass is 9.92. The van der Waals surface area contributed by atoms with Gasteiger partial charge in [-0.3, -0.25) is 0 Å². The number of esters is 1. The van der Waals surface area contributed by atoms with Gasteiger partial charge in [-0.2, -0.15) is 0 Å². The molecule has 2 aromatic rings. The molecule has 3 rings (SSSR count).